The van der Waals surface area contributed by atoms with E-state index in [9.17, 15) is 4.39 Å². The molecule has 26 heavy (non-hydrogen) atoms. The fourth-order valence-corrected chi connectivity index (χ4v) is 2.80. The highest BCUT2D eigenvalue weighted by molar-refractivity contribution is 6.31. The molecule has 0 radical (unpaired) electrons. The lowest BCUT2D eigenvalue weighted by molar-refractivity contribution is 0.279. The molecular formula is C20H25ClFNO3. The Hall–Kier alpha value is -1.82. The predicted octanol–water partition coefficient (Wildman–Crippen LogP) is 4.32. The van der Waals surface area contributed by atoms with Gasteiger partial charge in [0, 0.05) is 24.3 Å². The summed E-state index contributed by atoms with van der Waals surface area (Å²) in [6, 6.07) is 9.99. The van der Waals surface area contributed by atoms with E-state index in [1.54, 1.807) is 13.2 Å². The zero-order valence-electron chi connectivity index (χ0n) is 14.9. The molecule has 2 N–H and O–H groups in total. The molecule has 0 aromatic heterocycles. The third-order valence-corrected chi connectivity index (χ3v) is 4.35. The molecule has 142 valence electrons. The van der Waals surface area contributed by atoms with Crippen LogP contribution in [-0.2, 0) is 13.2 Å². The Morgan fingerprint density at radius 1 is 1.12 bits per heavy atom. The van der Waals surface area contributed by atoms with Gasteiger partial charge in [-0.1, -0.05) is 29.8 Å². The van der Waals surface area contributed by atoms with E-state index in [1.807, 2.05) is 18.2 Å². The molecule has 0 aliphatic carbocycles. The summed E-state index contributed by atoms with van der Waals surface area (Å²) in [5.41, 5.74) is 1.69. The second-order valence-corrected chi connectivity index (χ2v) is 6.34. The molecule has 2 rings (SSSR count). The zero-order valence-corrected chi connectivity index (χ0v) is 15.7. The van der Waals surface area contributed by atoms with Crippen molar-refractivity contribution >= 4 is 11.6 Å². The van der Waals surface area contributed by atoms with Crippen LogP contribution in [0.5, 0.6) is 11.5 Å². The summed E-state index contributed by atoms with van der Waals surface area (Å²) >= 11 is 6.07. The van der Waals surface area contributed by atoms with E-state index in [1.165, 1.54) is 12.1 Å². The van der Waals surface area contributed by atoms with Crippen molar-refractivity contribution in [2.45, 2.75) is 32.4 Å². The van der Waals surface area contributed by atoms with Gasteiger partial charge < -0.3 is 19.9 Å². The van der Waals surface area contributed by atoms with Gasteiger partial charge in [-0.3, -0.25) is 0 Å². The molecule has 0 bridgehead atoms. The summed E-state index contributed by atoms with van der Waals surface area (Å²) in [6.07, 6.45) is 2.83. The topological polar surface area (TPSA) is 50.7 Å². The standard InChI is InChI=1S/C20H25ClFNO3/c1-25-19-7-5-6-15(13-23-10-3-2-4-11-24)20(19)26-14-16-8-9-17(22)12-18(16)21/h5-9,12,23-24H,2-4,10-11,13-14H2,1H3. The van der Waals surface area contributed by atoms with E-state index in [0.717, 1.165) is 31.4 Å². The van der Waals surface area contributed by atoms with Crippen LogP contribution in [0.25, 0.3) is 0 Å². The predicted molar refractivity (Wildman–Crippen MR) is 101 cm³/mol. The van der Waals surface area contributed by atoms with Gasteiger partial charge in [-0.05, 0) is 44.0 Å². The number of rotatable bonds is 11. The molecule has 0 aliphatic rings. The number of aliphatic hydroxyl groups excluding tert-OH is 1. The van der Waals surface area contributed by atoms with Crippen LogP contribution in [0, 0.1) is 5.82 Å². The average molecular weight is 382 g/mol. The Morgan fingerprint density at radius 3 is 2.69 bits per heavy atom. The Labute approximate surface area is 158 Å². The number of methoxy groups -OCH3 is 1. The highest BCUT2D eigenvalue weighted by Gasteiger charge is 2.12. The maximum Gasteiger partial charge on any atom is 0.166 e. The van der Waals surface area contributed by atoms with Crippen molar-refractivity contribution in [2.75, 3.05) is 20.3 Å². The van der Waals surface area contributed by atoms with Crippen LogP contribution in [0.1, 0.15) is 30.4 Å². The Morgan fingerprint density at radius 2 is 1.96 bits per heavy atom. The van der Waals surface area contributed by atoms with Crippen LogP contribution in [0.2, 0.25) is 5.02 Å². The minimum absolute atomic E-state index is 0.225. The number of aliphatic hydroxyl groups is 1. The van der Waals surface area contributed by atoms with Gasteiger partial charge in [-0.15, -0.1) is 0 Å². The number of halogens is 2. The summed E-state index contributed by atoms with van der Waals surface area (Å²) in [7, 11) is 1.60. The maximum absolute atomic E-state index is 13.2. The van der Waals surface area contributed by atoms with Crippen molar-refractivity contribution in [2.24, 2.45) is 0 Å². The minimum Gasteiger partial charge on any atom is -0.493 e. The highest BCUT2D eigenvalue weighted by atomic mass is 35.5. The summed E-state index contributed by atoms with van der Waals surface area (Å²) < 4.78 is 24.5. The number of nitrogens with one attached hydrogen (secondary N) is 1. The van der Waals surface area contributed by atoms with Crippen molar-refractivity contribution in [3.63, 3.8) is 0 Å². The molecule has 0 amide bonds. The Bertz CT molecular complexity index is 697. The molecule has 4 nitrogen and oxygen atoms in total. The van der Waals surface area contributed by atoms with Crippen LogP contribution in [-0.4, -0.2) is 25.4 Å². The number of para-hydroxylation sites is 1. The Balaban J connectivity index is 2.01. The van der Waals surface area contributed by atoms with Crippen molar-refractivity contribution in [3.8, 4) is 11.5 Å². The first-order valence-electron chi connectivity index (χ1n) is 8.70. The molecule has 0 atom stereocenters. The second-order valence-electron chi connectivity index (χ2n) is 5.93. The van der Waals surface area contributed by atoms with Crippen LogP contribution in [0.15, 0.2) is 36.4 Å². The Kier molecular flexibility index (Phi) is 8.68. The zero-order chi connectivity index (χ0) is 18.8. The molecule has 0 aliphatic heterocycles. The van der Waals surface area contributed by atoms with Gasteiger partial charge >= 0.3 is 0 Å². The lowest BCUT2D eigenvalue weighted by Crippen LogP contribution is -2.16. The summed E-state index contributed by atoms with van der Waals surface area (Å²) in [6.45, 7) is 1.96. The minimum atomic E-state index is -0.373. The molecule has 6 heteroatoms. The van der Waals surface area contributed by atoms with Gasteiger partial charge in [0.25, 0.3) is 0 Å². The first kappa shape index (κ1) is 20.5. The first-order chi connectivity index (χ1) is 12.7. The lowest BCUT2D eigenvalue weighted by Gasteiger charge is -2.16. The van der Waals surface area contributed by atoms with Crippen molar-refractivity contribution in [1.82, 2.24) is 5.32 Å². The van der Waals surface area contributed by atoms with Gasteiger partial charge in [0.05, 0.1) is 12.1 Å². The van der Waals surface area contributed by atoms with Gasteiger partial charge in [0.15, 0.2) is 11.5 Å². The molecule has 0 saturated carbocycles. The molecule has 2 aromatic carbocycles. The van der Waals surface area contributed by atoms with Crippen molar-refractivity contribution in [1.29, 1.82) is 0 Å². The van der Waals surface area contributed by atoms with Crippen LogP contribution >= 0.6 is 11.6 Å². The smallest absolute Gasteiger partial charge is 0.166 e. The molecule has 0 spiro atoms. The van der Waals surface area contributed by atoms with E-state index in [-0.39, 0.29) is 19.0 Å². The fraction of sp³-hybridized carbons (Fsp3) is 0.400. The number of unbranched alkanes of at least 4 members (excludes halogenated alkanes) is 2. The fourth-order valence-electron chi connectivity index (χ4n) is 2.58. The summed E-state index contributed by atoms with van der Waals surface area (Å²) in [4.78, 5) is 0. The van der Waals surface area contributed by atoms with Gasteiger partial charge in [0.1, 0.15) is 12.4 Å². The summed E-state index contributed by atoms with van der Waals surface area (Å²) in [5, 5.41) is 12.5. The third kappa shape index (κ3) is 6.16. The van der Waals surface area contributed by atoms with Gasteiger partial charge in [-0.2, -0.15) is 0 Å². The van der Waals surface area contributed by atoms with Crippen molar-refractivity contribution in [3.05, 3.63) is 58.4 Å². The second kappa shape index (κ2) is 11.0. The van der Waals surface area contributed by atoms with E-state index < -0.39 is 0 Å². The third-order valence-electron chi connectivity index (χ3n) is 3.99. The number of hydrogen-bond acceptors (Lipinski definition) is 4. The van der Waals surface area contributed by atoms with E-state index >= 15 is 0 Å². The SMILES string of the molecule is COc1cccc(CNCCCCCO)c1OCc1ccc(F)cc1Cl. The van der Waals surface area contributed by atoms with Crippen LogP contribution in [0.4, 0.5) is 4.39 Å². The number of benzene rings is 2. The highest BCUT2D eigenvalue weighted by Crippen LogP contribution is 2.32. The largest absolute Gasteiger partial charge is 0.493 e. The van der Waals surface area contributed by atoms with Gasteiger partial charge in [-0.25, -0.2) is 4.39 Å². The molecule has 0 fully saturated rings. The van der Waals surface area contributed by atoms with E-state index in [0.29, 0.717) is 28.6 Å². The number of ether oxygens (including phenoxy) is 2. The monoisotopic (exact) mass is 381 g/mol. The summed E-state index contributed by atoms with van der Waals surface area (Å²) in [5.74, 6) is 0.920. The lowest BCUT2D eigenvalue weighted by atomic mass is 10.1. The molecule has 0 heterocycles. The van der Waals surface area contributed by atoms with Crippen LogP contribution < -0.4 is 14.8 Å². The van der Waals surface area contributed by atoms with Crippen LogP contribution in [0.3, 0.4) is 0 Å². The molecule has 2 aromatic rings. The van der Waals surface area contributed by atoms with E-state index in [4.69, 9.17) is 26.2 Å². The number of hydrogen-bond donors (Lipinski definition) is 2. The quantitative estimate of drug-likeness (QED) is 0.569. The normalized spacial score (nSPS) is 10.8. The average Bonchev–Trinajstić information content (AvgIpc) is 2.64. The van der Waals surface area contributed by atoms with E-state index in [2.05, 4.69) is 5.32 Å². The van der Waals surface area contributed by atoms with Gasteiger partial charge in [0.2, 0.25) is 0 Å². The molecule has 0 unspecified atom stereocenters. The molecule has 0 saturated heterocycles. The van der Waals surface area contributed by atoms with Crippen molar-refractivity contribution < 1.29 is 19.0 Å². The first-order valence-corrected chi connectivity index (χ1v) is 9.07. The molecular weight excluding hydrogens is 357 g/mol. The maximum atomic E-state index is 13.2.